The average Bonchev–Trinajstić information content (AvgIpc) is 2.94. The van der Waals surface area contributed by atoms with Crippen LogP contribution in [0.4, 0.5) is 5.69 Å². The van der Waals surface area contributed by atoms with E-state index in [9.17, 15) is 13.2 Å². The summed E-state index contributed by atoms with van der Waals surface area (Å²) in [6.45, 7) is 0. The zero-order valence-corrected chi connectivity index (χ0v) is 15.2. The van der Waals surface area contributed by atoms with E-state index in [1.165, 1.54) is 0 Å². The molecule has 1 aliphatic heterocycles. The molecule has 2 N–H and O–H groups in total. The van der Waals surface area contributed by atoms with Gasteiger partial charge in [0.25, 0.3) is 0 Å². The number of carbonyl (C=O) groups is 1. The minimum absolute atomic E-state index is 0.144. The number of benzene rings is 1. The fourth-order valence-corrected chi connectivity index (χ4v) is 4.31. The maximum Gasteiger partial charge on any atom is 0.243 e. The highest BCUT2D eigenvalue weighted by molar-refractivity contribution is 7.90. The van der Waals surface area contributed by atoms with Gasteiger partial charge >= 0.3 is 0 Å². The molecule has 3 heterocycles. The summed E-state index contributed by atoms with van der Waals surface area (Å²) in [4.78, 5) is 18.4. The molecule has 0 saturated carbocycles. The van der Waals surface area contributed by atoms with Crippen molar-refractivity contribution in [1.82, 2.24) is 9.55 Å². The lowest BCUT2D eigenvalue weighted by Gasteiger charge is -2.19. The van der Waals surface area contributed by atoms with E-state index in [4.69, 9.17) is 5.73 Å². The summed E-state index contributed by atoms with van der Waals surface area (Å²) in [6, 6.07) is 8.08. The van der Waals surface area contributed by atoms with Gasteiger partial charge < -0.3 is 10.6 Å². The van der Waals surface area contributed by atoms with Crippen LogP contribution >= 0.6 is 0 Å². The molecule has 134 valence electrons. The molecule has 4 rings (SSSR count). The van der Waals surface area contributed by atoms with Gasteiger partial charge in [-0.15, -0.1) is 0 Å². The molecule has 1 atom stereocenters. The van der Waals surface area contributed by atoms with Crippen molar-refractivity contribution in [2.45, 2.75) is 17.4 Å². The zero-order chi connectivity index (χ0) is 18.6. The van der Waals surface area contributed by atoms with Crippen molar-refractivity contribution in [2.24, 2.45) is 5.73 Å². The highest BCUT2D eigenvalue weighted by Gasteiger charge is 2.29. The number of sulfone groups is 1. The van der Waals surface area contributed by atoms with Crippen LogP contribution < -0.4 is 10.6 Å². The summed E-state index contributed by atoms with van der Waals surface area (Å²) >= 11 is 0. The molecule has 26 heavy (non-hydrogen) atoms. The first-order valence-electron chi connectivity index (χ1n) is 8.10. The number of amides is 1. The predicted molar refractivity (Wildman–Crippen MR) is 99.3 cm³/mol. The van der Waals surface area contributed by atoms with E-state index in [0.29, 0.717) is 12.2 Å². The minimum atomic E-state index is -3.45. The third kappa shape index (κ3) is 2.41. The number of pyridine rings is 1. The van der Waals surface area contributed by atoms with Crippen LogP contribution in [0.2, 0.25) is 0 Å². The van der Waals surface area contributed by atoms with Gasteiger partial charge in [0.05, 0.1) is 17.2 Å². The molecule has 0 saturated heterocycles. The summed E-state index contributed by atoms with van der Waals surface area (Å²) in [5.74, 6) is 0.196. The Bertz CT molecular complexity index is 1150. The summed E-state index contributed by atoms with van der Waals surface area (Å²) in [5, 5.41) is 0.890. The molecule has 3 aromatic rings. The number of aromatic nitrogens is 2. The average molecular weight is 370 g/mol. The first-order valence-corrected chi connectivity index (χ1v) is 9.99. The second-order valence-electron chi connectivity index (χ2n) is 6.50. The van der Waals surface area contributed by atoms with E-state index in [2.05, 4.69) is 4.98 Å². The molecular formula is C18H18N4O3S. The predicted octanol–water partition coefficient (Wildman–Crippen LogP) is 1.28. The van der Waals surface area contributed by atoms with Crippen LogP contribution in [0.3, 0.4) is 0 Å². The molecule has 1 aliphatic rings. The monoisotopic (exact) mass is 370 g/mol. The first kappa shape index (κ1) is 16.7. The molecule has 7 nitrogen and oxygen atoms in total. The lowest BCUT2D eigenvalue weighted by atomic mass is 10.1. The standard InChI is InChI=1S/C18H18N4O3S/c1-21-13-5-3-6-14-16(13)11(9-12(19)18(21)23)10-22(14)17-15(26(2,24)25)7-4-8-20-17/h3-8,10,12H,9,19H2,1-2H3. The normalized spacial score (nSPS) is 17.6. The van der Waals surface area contributed by atoms with Crippen LogP contribution in [0.1, 0.15) is 5.56 Å². The van der Waals surface area contributed by atoms with E-state index >= 15 is 0 Å². The molecule has 1 unspecified atom stereocenters. The van der Waals surface area contributed by atoms with Gasteiger partial charge in [-0.1, -0.05) is 6.07 Å². The summed E-state index contributed by atoms with van der Waals surface area (Å²) in [7, 11) is -1.75. The number of likely N-dealkylation sites (N-methyl/N-ethyl adjacent to an activating group) is 1. The Morgan fingerprint density at radius 2 is 2.00 bits per heavy atom. The number of nitrogens with two attached hydrogens (primary N) is 1. The van der Waals surface area contributed by atoms with Crippen molar-refractivity contribution in [3.8, 4) is 5.82 Å². The quantitative estimate of drug-likeness (QED) is 0.733. The molecular weight excluding hydrogens is 352 g/mol. The number of carbonyl (C=O) groups excluding carboxylic acids is 1. The molecule has 0 fully saturated rings. The van der Waals surface area contributed by atoms with Crippen LogP contribution in [0.15, 0.2) is 47.6 Å². The molecule has 0 radical (unpaired) electrons. The van der Waals surface area contributed by atoms with E-state index < -0.39 is 15.9 Å². The second-order valence-corrected chi connectivity index (χ2v) is 8.48. The third-order valence-corrected chi connectivity index (χ3v) is 5.83. The zero-order valence-electron chi connectivity index (χ0n) is 14.4. The van der Waals surface area contributed by atoms with Gasteiger partial charge in [-0.25, -0.2) is 13.4 Å². The van der Waals surface area contributed by atoms with Crippen LogP contribution in [0.5, 0.6) is 0 Å². The second kappa shape index (κ2) is 5.65. The summed E-state index contributed by atoms with van der Waals surface area (Å²) in [6.07, 6.45) is 4.94. The van der Waals surface area contributed by atoms with Crippen LogP contribution in [0, 0.1) is 0 Å². The van der Waals surface area contributed by atoms with Gasteiger partial charge in [0, 0.05) is 31.1 Å². The van der Waals surface area contributed by atoms with Gasteiger partial charge in [0.15, 0.2) is 15.7 Å². The van der Waals surface area contributed by atoms with Crippen LogP contribution in [-0.2, 0) is 21.1 Å². The van der Waals surface area contributed by atoms with Crippen molar-refractivity contribution in [3.05, 3.63) is 48.3 Å². The molecule has 0 aliphatic carbocycles. The first-order chi connectivity index (χ1) is 12.3. The largest absolute Gasteiger partial charge is 0.320 e. The lowest BCUT2D eigenvalue weighted by Crippen LogP contribution is -2.42. The Hall–Kier alpha value is -2.71. The van der Waals surface area contributed by atoms with E-state index in [-0.39, 0.29) is 10.8 Å². The minimum Gasteiger partial charge on any atom is -0.320 e. The maximum atomic E-state index is 12.4. The van der Waals surface area contributed by atoms with Crippen LogP contribution in [-0.4, -0.2) is 43.2 Å². The van der Waals surface area contributed by atoms with Crippen molar-refractivity contribution < 1.29 is 13.2 Å². The van der Waals surface area contributed by atoms with Crippen molar-refractivity contribution in [3.63, 3.8) is 0 Å². The molecule has 8 heteroatoms. The molecule has 0 bridgehead atoms. The fraction of sp³-hybridized carbons (Fsp3) is 0.222. The summed E-state index contributed by atoms with van der Waals surface area (Å²) < 4.78 is 26.2. The fourth-order valence-electron chi connectivity index (χ4n) is 3.50. The number of hydrogen-bond acceptors (Lipinski definition) is 5. The van der Waals surface area contributed by atoms with Crippen LogP contribution in [0.25, 0.3) is 16.7 Å². The highest BCUT2D eigenvalue weighted by atomic mass is 32.2. The maximum absolute atomic E-state index is 12.4. The number of nitrogens with zero attached hydrogens (tertiary/aromatic N) is 3. The molecule has 0 spiro atoms. The Labute approximate surface area is 151 Å². The molecule has 1 aromatic carbocycles. The Balaban J connectivity index is 2.07. The SMILES string of the molecule is CN1C(=O)C(N)Cc2cn(-c3ncccc3S(C)(=O)=O)c3cccc1c23. The van der Waals surface area contributed by atoms with Crippen molar-refractivity contribution in [2.75, 3.05) is 18.2 Å². The number of hydrogen-bond donors (Lipinski definition) is 1. The van der Waals surface area contributed by atoms with E-state index in [0.717, 1.165) is 28.4 Å². The number of anilines is 1. The van der Waals surface area contributed by atoms with Gasteiger partial charge in [-0.2, -0.15) is 0 Å². The molecule has 2 aromatic heterocycles. The van der Waals surface area contributed by atoms with Gasteiger partial charge in [0.1, 0.15) is 4.90 Å². The summed E-state index contributed by atoms with van der Waals surface area (Å²) in [5.41, 5.74) is 8.50. The third-order valence-electron chi connectivity index (χ3n) is 4.71. The topological polar surface area (TPSA) is 98.3 Å². The Morgan fingerprint density at radius 1 is 1.23 bits per heavy atom. The van der Waals surface area contributed by atoms with Gasteiger partial charge in [-0.05, 0) is 36.2 Å². The van der Waals surface area contributed by atoms with Gasteiger partial charge in [0.2, 0.25) is 5.91 Å². The van der Waals surface area contributed by atoms with E-state index in [1.807, 2.05) is 24.4 Å². The molecule has 1 amide bonds. The lowest BCUT2D eigenvalue weighted by molar-refractivity contribution is -0.119. The van der Waals surface area contributed by atoms with Crippen molar-refractivity contribution in [1.29, 1.82) is 0 Å². The Kier molecular flexibility index (Phi) is 3.64. The van der Waals surface area contributed by atoms with Gasteiger partial charge in [-0.3, -0.25) is 9.36 Å². The number of rotatable bonds is 2. The van der Waals surface area contributed by atoms with Crippen molar-refractivity contribution >= 4 is 32.3 Å². The highest BCUT2D eigenvalue weighted by Crippen LogP contribution is 2.36. The van der Waals surface area contributed by atoms with E-state index in [1.54, 1.807) is 34.8 Å². The Morgan fingerprint density at radius 3 is 2.73 bits per heavy atom. The smallest absolute Gasteiger partial charge is 0.243 e.